The first-order valence-corrected chi connectivity index (χ1v) is 8.31. The Balaban J connectivity index is 2.03. The van der Waals surface area contributed by atoms with E-state index in [1.165, 1.54) is 0 Å². The molecule has 132 valence electrons. The van der Waals surface area contributed by atoms with Crippen molar-refractivity contribution in [2.75, 3.05) is 11.9 Å². The molecule has 0 amide bonds. The van der Waals surface area contributed by atoms with Crippen molar-refractivity contribution in [1.82, 2.24) is 4.98 Å². The number of nitrogens with one attached hydrogen (secondary N) is 1. The number of aromatic nitrogens is 1. The third kappa shape index (κ3) is 3.11. The number of hydrogen-bond acceptors (Lipinski definition) is 6. The minimum Gasteiger partial charge on any atom is -0.462 e. The molecule has 1 heterocycles. The second-order valence-electron chi connectivity index (χ2n) is 5.59. The van der Waals surface area contributed by atoms with Crippen LogP contribution in [0.1, 0.15) is 43.8 Å². The SMILES string of the molecule is CCOC(=O)c1ccccc1NC1=C(Cl)C(=O)c2nc(C)ccc2C1=O. The molecule has 0 aliphatic heterocycles. The Bertz CT molecular complexity index is 966. The maximum absolute atomic E-state index is 12.8. The lowest BCUT2D eigenvalue weighted by atomic mass is 9.96. The number of allylic oxidation sites excluding steroid dienone is 2. The number of aryl methyl sites for hydroxylation is 1. The fourth-order valence-corrected chi connectivity index (χ4v) is 2.81. The molecule has 0 unspecified atom stereocenters. The lowest BCUT2D eigenvalue weighted by Crippen LogP contribution is -2.26. The van der Waals surface area contributed by atoms with Gasteiger partial charge in [-0.15, -0.1) is 0 Å². The average Bonchev–Trinajstić information content (AvgIpc) is 2.64. The normalized spacial score (nSPS) is 13.5. The highest BCUT2D eigenvalue weighted by Crippen LogP contribution is 2.29. The summed E-state index contributed by atoms with van der Waals surface area (Å²) in [6.07, 6.45) is 0. The standard InChI is InChI=1S/C19H15ClN2O4/c1-3-26-19(25)11-6-4-5-7-13(11)22-16-14(20)18(24)15-12(17(16)23)9-8-10(2)21-15/h4-9,22H,3H2,1-2H3. The van der Waals surface area contributed by atoms with Crippen LogP contribution >= 0.6 is 11.6 Å². The van der Waals surface area contributed by atoms with E-state index in [2.05, 4.69) is 10.3 Å². The van der Waals surface area contributed by atoms with Crippen molar-refractivity contribution in [3.63, 3.8) is 0 Å². The molecular weight excluding hydrogens is 356 g/mol. The molecule has 0 saturated carbocycles. The predicted molar refractivity (Wildman–Crippen MR) is 96.5 cm³/mol. The van der Waals surface area contributed by atoms with Crippen molar-refractivity contribution < 1.29 is 19.1 Å². The molecular formula is C19H15ClN2O4. The van der Waals surface area contributed by atoms with Crippen LogP contribution in [0.15, 0.2) is 47.1 Å². The molecule has 1 aromatic heterocycles. The summed E-state index contributed by atoms with van der Waals surface area (Å²) in [5, 5.41) is 2.56. The van der Waals surface area contributed by atoms with Gasteiger partial charge in [-0.05, 0) is 38.1 Å². The van der Waals surface area contributed by atoms with Crippen LogP contribution in [0.2, 0.25) is 0 Å². The number of fused-ring (bicyclic) bond motifs is 1. The van der Waals surface area contributed by atoms with Crippen molar-refractivity contribution in [2.24, 2.45) is 0 Å². The molecule has 0 saturated heterocycles. The zero-order chi connectivity index (χ0) is 18.8. The maximum Gasteiger partial charge on any atom is 0.340 e. The Morgan fingerprint density at radius 1 is 1.15 bits per heavy atom. The zero-order valence-electron chi connectivity index (χ0n) is 14.1. The van der Waals surface area contributed by atoms with Crippen molar-refractivity contribution in [1.29, 1.82) is 0 Å². The number of para-hydroxylation sites is 1. The predicted octanol–water partition coefficient (Wildman–Crippen LogP) is 3.51. The summed E-state index contributed by atoms with van der Waals surface area (Å²) in [7, 11) is 0. The van der Waals surface area contributed by atoms with Crippen molar-refractivity contribution in [3.05, 3.63) is 69.6 Å². The number of rotatable bonds is 4. The number of nitrogens with zero attached hydrogens (tertiary/aromatic N) is 1. The van der Waals surface area contributed by atoms with Gasteiger partial charge < -0.3 is 10.1 Å². The molecule has 26 heavy (non-hydrogen) atoms. The molecule has 2 aromatic rings. The van der Waals surface area contributed by atoms with Crippen molar-refractivity contribution in [3.8, 4) is 0 Å². The van der Waals surface area contributed by atoms with Gasteiger partial charge in [0.05, 0.1) is 23.4 Å². The van der Waals surface area contributed by atoms with Gasteiger partial charge in [0, 0.05) is 5.69 Å². The number of anilines is 1. The van der Waals surface area contributed by atoms with Gasteiger partial charge in [-0.25, -0.2) is 9.78 Å². The highest BCUT2D eigenvalue weighted by molar-refractivity contribution is 6.50. The number of Topliss-reactive ketones (excluding diaryl/α,β-unsaturated/α-hetero) is 2. The Hall–Kier alpha value is -2.99. The molecule has 7 heteroatoms. The lowest BCUT2D eigenvalue weighted by molar-refractivity contribution is 0.0527. The molecule has 3 rings (SSSR count). The number of carbonyl (C=O) groups is 3. The summed E-state index contributed by atoms with van der Waals surface area (Å²) in [5.41, 5.74) is 1.28. The quantitative estimate of drug-likeness (QED) is 0.829. The van der Waals surface area contributed by atoms with Crippen LogP contribution in [0.5, 0.6) is 0 Å². The van der Waals surface area contributed by atoms with E-state index < -0.39 is 17.5 Å². The van der Waals surface area contributed by atoms with Gasteiger partial charge in [-0.2, -0.15) is 0 Å². The lowest BCUT2D eigenvalue weighted by Gasteiger charge is -2.19. The molecule has 0 radical (unpaired) electrons. The monoisotopic (exact) mass is 370 g/mol. The first-order chi connectivity index (χ1) is 12.4. The van der Waals surface area contributed by atoms with Crippen LogP contribution in [0.3, 0.4) is 0 Å². The Kier molecular flexibility index (Phi) is 4.86. The second kappa shape index (κ2) is 7.09. The third-order valence-corrected chi connectivity index (χ3v) is 4.18. The summed E-state index contributed by atoms with van der Waals surface area (Å²) in [6.45, 7) is 3.63. The number of esters is 1. The maximum atomic E-state index is 12.8. The molecule has 1 aliphatic carbocycles. The molecule has 0 spiro atoms. The minimum atomic E-state index is -0.542. The fraction of sp³-hybridized carbons (Fsp3) is 0.158. The highest BCUT2D eigenvalue weighted by atomic mass is 35.5. The van der Waals surface area contributed by atoms with E-state index in [1.54, 1.807) is 50.2 Å². The topological polar surface area (TPSA) is 85.4 Å². The molecule has 0 bridgehead atoms. The van der Waals surface area contributed by atoms with E-state index in [0.29, 0.717) is 11.4 Å². The number of halogens is 1. The van der Waals surface area contributed by atoms with Crippen LogP contribution in [0.25, 0.3) is 0 Å². The largest absolute Gasteiger partial charge is 0.462 e. The van der Waals surface area contributed by atoms with Crippen LogP contribution < -0.4 is 5.32 Å². The smallest absolute Gasteiger partial charge is 0.340 e. The second-order valence-corrected chi connectivity index (χ2v) is 5.97. The van der Waals surface area contributed by atoms with E-state index in [1.807, 2.05) is 0 Å². The summed E-state index contributed by atoms with van der Waals surface area (Å²) in [5.74, 6) is -1.54. The molecule has 0 fully saturated rings. The summed E-state index contributed by atoms with van der Waals surface area (Å²) in [4.78, 5) is 41.5. The Morgan fingerprint density at radius 2 is 1.88 bits per heavy atom. The number of benzene rings is 1. The van der Waals surface area contributed by atoms with Crippen molar-refractivity contribution >= 4 is 34.8 Å². The number of carbonyl (C=O) groups excluding carboxylic acids is 3. The van der Waals surface area contributed by atoms with Gasteiger partial charge in [0.2, 0.25) is 11.6 Å². The van der Waals surface area contributed by atoms with E-state index >= 15 is 0 Å². The van der Waals surface area contributed by atoms with Crippen LogP contribution in [-0.4, -0.2) is 29.1 Å². The van der Waals surface area contributed by atoms with Gasteiger partial charge in [-0.3, -0.25) is 9.59 Å². The summed E-state index contributed by atoms with van der Waals surface area (Å²) < 4.78 is 5.01. The number of hydrogen-bond donors (Lipinski definition) is 1. The van der Waals surface area contributed by atoms with Gasteiger partial charge in [-0.1, -0.05) is 23.7 Å². The highest BCUT2D eigenvalue weighted by Gasteiger charge is 2.33. The molecule has 1 N–H and O–H groups in total. The molecule has 1 aromatic carbocycles. The summed E-state index contributed by atoms with van der Waals surface area (Å²) in [6, 6.07) is 9.71. The Morgan fingerprint density at radius 3 is 2.62 bits per heavy atom. The first kappa shape index (κ1) is 17.8. The average molecular weight is 371 g/mol. The molecule has 1 aliphatic rings. The number of pyridine rings is 1. The van der Waals surface area contributed by atoms with Gasteiger partial charge in [0.25, 0.3) is 0 Å². The molecule has 0 atom stereocenters. The minimum absolute atomic E-state index is 0.0317. The third-order valence-electron chi connectivity index (χ3n) is 3.82. The van der Waals surface area contributed by atoms with Crippen LogP contribution in [-0.2, 0) is 4.74 Å². The number of ether oxygens (including phenoxy) is 1. The van der Waals surface area contributed by atoms with E-state index in [4.69, 9.17) is 16.3 Å². The van der Waals surface area contributed by atoms with E-state index in [-0.39, 0.29) is 34.2 Å². The van der Waals surface area contributed by atoms with Crippen LogP contribution in [0, 0.1) is 6.92 Å². The van der Waals surface area contributed by atoms with Gasteiger partial charge in [0.1, 0.15) is 16.4 Å². The van der Waals surface area contributed by atoms with E-state index in [0.717, 1.165) is 0 Å². The zero-order valence-corrected chi connectivity index (χ0v) is 14.9. The fourth-order valence-electron chi connectivity index (χ4n) is 2.59. The van der Waals surface area contributed by atoms with Crippen molar-refractivity contribution in [2.45, 2.75) is 13.8 Å². The Labute approximate surface area is 154 Å². The number of ketones is 2. The molecule has 6 nitrogen and oxygen atoms in total. The van der Waals surface area contributed by atoms with Crippen LogP contribution in [0.4, 0.5) is 5.69 Å². The van der Waals surface area contributed by atoms with E-state index in [9.17, 15) is 14.4 Å². The summed E-state index contributed by atoms with van der Waals surface area (Å²) >= 11 is 6.14. The van der Waals surface area contributed by atoms with Gasteiger partial charge in [0.15, 0.2) is 0 Å². The first-order valence-electron chi connectivity index (χ1n) is 7.94. The van der Waals surface area contributed by atoms with Gasteiger partial charge >= 0.3 is 5.97 Å².